The summed E-state index contributed by atoms with van der Waals surface area (Å²) in [5, 5.41) is 2.23. The maximum Gasteiger partial charge on any atom is 2.00 e. The Kier molecular flexibility index (Phi) is 6.78. The van der Waals surface area contributed by atoms with Crippen LogP contribution in [0.4, 0.5) is 0 Å². The summed E-state index contributed by atoms with van der Waals surface area (Å²) < 4.78 is 12.9. The van der Waals surface area contributed by atoms with Crippen molar-refractivity contribution in [1.29, 1.82) is 0 Å². The van der Waals surface area contributed by atoms with E-state index in [4.69, 9.17) is 14.7 Å². The molecule has 0 saturated carbocycles. The molecule has 230 valence electrons. The van der Waals surface area contributed by atoms with Crippen molar-refractivity contribution in [3.05, 3.63) is 133 Å². The van der Waals surface area contributed by atoms with Gasteiger partial charge in [-0.25, -0.2) is 9.97 Å². The van der Waals surface area contributed by atoms with E-state index in [0.29, 0.717) is 11.5 Å². The molecular formula is C39H28N6OPt. The smallest absolute Gasteiger partial charge is 0.509 e. The molecule has 0 bridgehead atoms. The van der Waals surface area contributed by atoms with Gasteiger partial charge in [0.15, 0.2) is 0 Å². The standard InChI is InChI=1S/C39H28N6O.Pt/c1-39(2,3)25-17-20-41-37(21-25)44-32-13-6-4-11-29(32)30-16-15-28(23-35(30)44)46-27-10-8-9-26(22-27)43-36-24-40-19-18-34(36)45-33-14-7-5-12-31(33)42-38(43)45;/h4-21,24H,1-3H3;/q-2;+2. The molecule has 0 spiro atoms. The molecule has 0 aliphatic rings. The molecule has 0 atom stereocenters. The number of ether oxygens (including phenoxy) is 1. The van der Waals surface area contributed by atoms with Crippen molar-refractivity contribution in [3.8, 4) is 23.0 Å². The molecule has 0 fully saturated rings. The summed E-state index contributed by atoms with van der Waals surface area (Å²) in [5.74, 6) is 2.81. The van der Waals surface area contributed by atoms with Crippen molar-refractivity contribution in [2.75, 3.05) is 0 Å². The van der Waals surface area contributed by atoms with Gasteiger partial charge >= 0.3 is 21.1 Å². The van der Waals surface area contributed by atoms with Crippen LogP contribution in [-0.4, -0.2) is 28.5 Å². The fraction of sp³-hybridized carbons (Fsp3) is 0.103. The quantitative estimate of drug-likeness (QED) is 0.167. The normalized spacial score (nSPS) is 12.0. The third kappa shape index (κ3) is 4.64. The van der Waals surface area contributed by atoms with Crippen LogP contribution in [0, 0.1) is 12.1 Å². The molecule has 0 aliphatic carbocycles. The van der Waals surface area contributed by atoms with E-state index in [9.17, 15) is 0 Å². The Balaban J connectivity index is 0.00000324. The number of para-hydroxylation sites is 3. The van der Waals surface area contributed by atoms with Crippen molar-refractivity contribution in [2.24, 2.45) is 0 Å². The molecule has 8 heteroatoms. The van der Waals surface area contributed by atoms with Gasteiger partial charge < -0.3 is 13.9 Å². The molecular weight excluding hydrogens is 764 g/mol. The number of imidazole rings is 2. The fourth-order valence-electron chi connectivity index (χ4n) is 6.41. The van der Waals surface area contributed by atoms with Gasteiger partial charge in [0.05, 0.1) is 28.3 Å². The molecule has 0 saturated heterocycles. The predicted molar refractivity (Wildman–Crippen MR) is 182 cm³/mol. The van der Waals surface area contributed by atoms with Crippen LogP contribution < -0.4 is 4.74 Å². The number of hydrogen-bond acceptors (Lipinski definition) is 4. The van der Waals surface area contributed by atoms with Gasteiger partial charge in [0.25, 0.3) is 0 Å². The minimum Gasteiger partial charge on any atom is -0.509 e. The monoisotopic (exact) mass is 791 g/mol. The van der Waals surface area contributed by atoms with Gasteiger partial charge in [0.2, 0.25) is 5.78 Å². The number of rotatable bonds is 4. The third-order valence-electron chi connectivity index (χ3n) is 8.61. The van der Waals surface area contributed by atoms with E-state index in [1.165, 1.54) is 5.56 Å². The van der Waals surface area contributed by atoms with Crippen LogP contribution in [0.15, 0.2) is 116 Å². The van der Waals surface area contributed by atoms with Crippen LogP contribution in [-0.2, 0) is 26.5 Å². The summed E-state index contributed by atoms with van der Waals surface area (Å²) in [6.07, 6.45) is 5.56. The summed E-state index contributed by atoms with van der Waals surface area (Å²) in [7, 11) is 0. The minimum absolute atomic E-state index is 0. The number of hydrogen-bond donors (Lipinski definition) is 0. The molecule has 5 aromatic heterocycles. The van der Waals surface area contributed by atoms with Crippen LogP contribution in [0.3, 0.4) is 0 Å². The summed E-state index contributed by atoms with van der Waals surface area (Å²) >= 11 is 0. The minimum atomic E-state index is -0.00884. The second-order valence-corrected chi connectivity index (χ2v) is 12.5. The van der Waals surface area contributed by atoms with Crippen LogP contribution in [0.5, 0.6) is 11.5 Å². The van der Waals surface area contributed by atoms with Crippen molar-refractivity contribution in [3.63, 3.8) is 0 Å². The maximum atomic E-state index is 6.47. The summed E-state index contributed by atoms with van der Waals surface area (Å²) in [6.45, 7) is 6.65. The second-order valence-electron chi connectivity index (χ2n) is 12.5. The first-order valence-corrected chi connectivity index (χ1v) is 15.3. The number of pyridine rings is 2. The first-order valence-electron chi connectivity index (χ1n) is 15.3. The van der Waals surface area contributed by atoms with E-state index in [-0.39, 0.29) is 26.5 Å². The molecule has 0 aliphatic heterocycles. The van der Waals surface area contributed by atoms with Gasteiger partial charge in [0, 0.05) is 29.4 Å². The molecule has 0 radical (unpaired) electrons. The van der Waals surface area contributed by atoms with Crippen LogP contribution in [0.25, 0.3) is 61.2 Å². The SMILES string of the molecule is CC(C)(C)c1ccnc(-n2c3[c-]c(Oc4[c-]c(-n5c6cnccc6n6c7ccccc7nc56)ccc4)ccc3c3ccccc32)c1.[Pt+2]. The zero-order valence-electron chi connectivity index (χ0n) is 25.9. The Labute approximate surface area is 285 Å². The van der Waals surface area contributed by atoms with E-state index in [1.807, 2.05) is 67.1 Å². The molecule has 0 amide bonds. The fourth-order valence-corrected chi connectivity index (χ4v) is 6.41. The average Bonchev–Trinajstić information content (AvgIpc) is 3.71. The van der Waals surface area contributed by atoms with Gasteiger partial charge in [-0.05, 0) is 52.8 Å². The average molecular weight is 792 g/mol. The largest absolute Gasteiger partial charge is 2.00 e. The van der Waals surface area contributed by atoms with Crippen molar-refractivity contribution >= 4 is 49.7 Å². The molecule has 7 nitrogen and oxygen atoms in total. The van der Waals surface area contributed by atoms with Gasteiger partial charge in [-0.2, -0.15) is 12.1 Å². The summed E-state index contributed by atoms with van der Waals surface area (Å²) in [6, 6.07) is 39.8. The van der Waals surface area contributed by atoms with Gasteiger partial charge in [-0.3, -0.25) is 9.38 Å². The number of aromatic nitrogens is 6. The molecule has 0 N–H and O–H groups in total. The summed E-state index contributed by atoms with van der Waals surface area (Å²) in [4.78, 5) is 14.2. The summed E-state index contributed by atoms with van der Waals surface area (Å²) in [5.41, 5.74) is 7.92. The maximum absolute atomic E-state index is 6.47. The van der Waals surface area contributed by atoms with E-state index in [0.717, 1.165) is 61.2 Å². The van der Waals surface area contributed by atoms with E-state index >= 15 is 0 Å². The van der Waals surface area contributed by atoms with Crippen molar-refractivity contribution in [2.45, 2.75) is 26.2 Å². The van der Waals surface area contributed by atoms with E-state index < -0.39 is 0 Å². The molecule has 5 heterocycles. The Morgan fingerprint density at radius 3 is 2.36 bits per heavy atom. The van der Waals surface area contributed by atoms with Gasteiger partial charge in [-0.1, -0.05) is 62.3 Å². The Morgan fingerprint density at radius 2 is 1.49 bits per heavy atom. The molecule has 9 rings (SSSR count). The molecule has 0 unspecified atom stereocenters. The molecule has 47 heavy (non-hydrogen) atoms. The van der Waals surface area contributed by atoms with Crippen LogP contribution >= 0.6 is 0 Å². The van der Waals surface area contributed by atoms with Crippen molar-refractivity contribution < 1.29 is 25.8 Å². The van der Waals surface area contributed by atoms with Crippen LogP contribution in [0.1, 0.15) is 26.3 Å². The van der Waals surface area contributed by atoms with Gasteiger partial charge in [-0.15, -0.1) is 35.7 Å². The topological polar surface area (TPSA) is 62.2 Å². The zero-order valence-corrected chi connectivity index (χ0v) is 28.1. The number of fused-ring (bicyclic) bond motifs is 8. The Morgan fingerprint density at radius 1 is 0.681 bits per heavy atom. The first kappa shape index (κ1) is 29.2. The molecule has 4 aromatic carbocycles. The number of benzene rings is 4. The van der Waals surface area contributed by atoms with Crippen molar-refractivity contribution in [1.82, 2.24) is 28.5 Å². The predicted octanol–water partition coefficient (Wildman–Crippen LogP) is 9.01. The number of nitrogens with zero attached hydrogens (tertiary/aromatic N) is 6. The second kappa shape index (κ2) is 10.9. The Bertz CT molecular complexity index is 2620. The molecule has 9 aromatic rings. The van der Waals surface area contributed by atoms with E-state index in [1.54, 1.807) is 0 Å². The van der Waals surface area contributed by atoms with Gasteiger partial charge in [0.1, 0.15) is 5.82 Å². The zero-order chi connectivity index (χ0) is 31.0. The van der Waals surface area contributed by atoms with E-state index in [2.05, 4.69) is 100.0 Å². The first-order chi connectivity index (χ1) is 22.4. The van der Waals surface area contributed by atoms with Crippen LogP contribution in [0.2, 0.25) is 0 Å². The Hall–Kier alpha value is -5.26. The third-order valence-corrected chi connectivity index (χ3v) is 8.61.